The van der Waals surface area contributed by atoms with Gasteiger partial charge < -0.3 is 4.90 Å². The summed E-state index contributed by atoms with van der Waals surface area (Å²) in [5.41, 5.74) is 0. The average molecular weight is 239 g/mol. The molecule has 0 amide bonds. The van der Waals surface area contributed by atoms with Crippen LogP contribution in [0, 0.1) is 5.92 Å². The number of unbranched alkanes of at least 4 members (excludes halogenated alkanes) is 3. The first kappa shape index (κ1) is 14.3. The van der Waals surface area contributed by atoms with Gasteiger partial charge in [0.15, 0.2) is 0 Å². The molecule has 0 fully saturated rings. The fourth-order valence-electron chi connectivity index (χ4n) is 2.40. The molecule has 1 unspecified atom stereocenters. The van der Waals surface area contributed by atoms with Crippen molar-refractivity contribution >= 4 is 6.34 Å². The number of nitrogens with zero attached hydrogens (tertiary/aromatic N) is 3. The topological polar surface area (TPSA) is 18.8 Å². The van der Waals surface area contributed by atoms with Crippen LogP contribution in [0.1, 0.15) is 59.8 Å². The largest absolute Gasteiger partial charge is 0.339 e. The van der Waals surface area contributed by atoms with Crippen molar-refractivity contribution in [3.8, 4) is 0 Å². The average Bonchev–Trinajstić information content (AvgIpc) is 2.66. The van der Waals surface area contributed by atoms with E-state index < -0.39 is 0 Å². The molecule has 1 atom stereocenters. The van der Waals surface area contributed by atoms with Crippen molar-refractivity contribution in [2.45, 2.75) is 66.0 Å². The van der Waals surface area contributed by atoms with Gasteiger partial charge in [0.25, 0.3) is 0 Å². The van der Waals surface area contributed by atoms with Crippen LogP contribution in [-0.2, 0) is 0 Å². The SMILES string of the molecule is CCCCCCN1N=CN(CC(C)C)C1CC. The van der Waals surface area contributed by atoms with E-state index in [1.54, 1.807) is 0 Å². The van der Waals surface area contributed by atoms with Crippen LogP contribution in [0.3, 0.4) is 0 Å². The Morgan fingerprint density at radius 1 is 1.18 bits per heavy atom. The van der Waals surface area contributed by atoms with Crippen LogP contribution in [0.2, 0.25) is 0 Å². The lowest BCUT2D eigenvalue weighted by Gasteiger charge is -2.30. The lowest BCUT2D eigenvalue weighted by Crippen LogP contribution is -2.41. The van der Waals surface area contributed by atoms with Gasteiger partial charge in [-0.2, -0.15) is 5.10 Å². The summed E-state index contributed by atoms with van der Waals surface area (Å²) in [5.74, 6) is 0.704. The summed E-state index contributed by atoms with van der Waals surface area (Å²) in [4.78, 5) is 2.39. The molecule has 0 aromatic heterocycles. The zero-order chi connectivity index (χ0) is 12.7. The second kappa shape index (κ2) is 7.57. The third kappa shape index (κ3) is 4.57. The molecule has 0 N–H and O–H groups in total. The van der Waals surface area contributed by atoms with E-state index in [0.29, 0.717) is 12.1 Å². The van der Waals surface area contributed by atoms with Gasteiger partial charge >= 0.3 is 0 Å². The summed E-state index contributed by atoms with van der Waals surface area (Å²) in [7, 11) is 0. The Balaban J connectivity index is 2.33. The fraction of sp³-hybridized carbons (Fsp3) is 0.929. The molecular weight excluding hydrogens is 210 g/mol. The Hall–Kier alpha value is -0.730. The molecule has 1 aliphatic rings. The predicted molar refractivity (Wildman–Crippen MR) is 75.0 cm³/mol. The molecule has 0 bridgehead atoms. The molecule has 1 aliphatic heterocycles. The van der Waals surface area contributed by atoms with Crippen LogP contribution >= 0.6 is 0 Å². The Morgan fingerprint density at radius 3 is 2.53 bits per heavy atom. The molecule has 0 aromatic carbocycles. The summed E-state index contributed by atoms with van der Waals surface area (Å²) in [6.45, 7) is 11.3. The van der Waals surface area contributed by atoms with Crippen LogP contribution in [0.4, 0.5) is 0 Å². The fourth-order valence-corrected chi connectivity index (χ4v) is 2.40. The summed E-state index contributed by atoms with van der Waals surface area (Å²) in [6, 6.07) is 0. The first-order valence-corrected chi connectivity index (χ1v) is 7.25. The molecule has 0 saturated carbocycles. The zero-order valence-corrected chi connectivity index (χ0v) is 12.0. The minimum Gasteiger partial charge on any atom is -0.339 e. The quantitative estimate of drug-likeness (QED) is 0.604. The molecule has 0 saturated heterocycles. The van der Waals surface area contributed by atoms with Gasteiger partial charge in [-0.15, -0.1) is 0 Å². The molecule has 3 nitrogen and oxygen atoms in total. The minimum absolute atomic E-state index is 0.499. The molecule has 0 radical (unpaired) electrons. The van der Waals surface area contributed by atoms with Crippen LogP contribution in [0.15, 0.2) is 5.10 Å². The molecule has 0 aliphatic carbocycles. The summed E-state index contributed by atoms with van der Waals surface area (Å²) in [6.07, 6.45) is 8.96. The lowest BCUT2D eigenvalue weighted by atomic mass is 10.2. The normalized spacial score (nSPS) is 19.7. The Kier molecular flexibility index (Phi) is 6.38. The van der Waals surface area contributed by atoms with E-state index in [0.717, 1.165) is 19.5 Å². The Morgan fingerprint density at radius 2 is 1.94 bits per heavy atom. The number of hydrazone groups is 1. The third-order valence-corrected chi connectivity index (χ3v) is 3.26. The van der Waals surface area contributed by atoms with Crippen LogP contribution in [0.25, 0.3) is 0 Å². The number of hydrogen-bond acceptors (Lipinski definition) is 3. The summed E-state index contributed by atoms with van der Waals surface area (Å²) in [5, 5.41) is 6.83. The maximum absolute atomic E-state index is 4.55. The van der Waals surface area contributed by atoms with Gasteiger partial charge in [0.05, 0.1) is 0 Å². The van der Waals surface area contributed by atoms with E-state index in [1.807, 2.05) is 6.34 Å². The minimum atomic E-state index is 0.499. The molecule has 0 spiro atoms. The maximum Gasteiger partial charge on any atom is 0.118 e. The molecule has 100 valence electrons. The van der Waals surface area contributed by atoms with Crippen LogP contribution in [0.5, 0.6) is 0 Å². The first-order chi connectivity index (χ1) is 8.19. The van der Waals surface area contributed by atoms with Gasteiger partial charge in [-0.05, 0) is 18.8 Å². The van der Waals surface area contributed by atoms with E-state index >= 15 is 0 Å². The lowest BCUT2D eigenvalue weighted by molar-refractivity contribution is 0.117. The van der Waals surface area contributed by atoms with Crippen molar-refractivity contribution in [1.82, 2.24) is 9.91 Å². The molecule has 3 heteroatoms. The molecule has 17 heavy (non-hydrogen) atoms. The maximum atomic E-state index is 4.55. The van der Waals surface area contributed by atoms with Crippen molar-refractivity contribution in [1.29, 1.82) is 0 Å². The predicted octanol–water partition coefficient (Wildman–Crippen LogP) is 3.52. The van der Waals surface area contributed by atoms with Crippen LogP contribution in [-0.4, -0.2) is 35.5 Å². The highest BCUT2D eigenvalue weighted by molar-refractivity contribution is 5.57. The Bertz CT molecular complexity index is 226. The van der Waals surface area contributed by atoms with E-state index in [4.69, 9.17) is 0 Å². The third-order valence-electron chi connectivity index (χ3n) is 3.26. The van der Waals surface area contributed by atoms with Gasteiger partial charge in [0, 0.05) is 13.1 Å². The zero-order valence-electron chi connectivity index (χ0n) is 12.0. The van der Waals surface area contributed by atoms with Crippen molar-refractivity contribution < 1.29 is 0 Å². The van der Waals surface area contributed by atoms with Gasteiger partial charge in [0.1, 0.15) is 12.5 Å². The Labute approximate surface area is 107 Å². The number of rotatable bonds is 8. The second-order valence-electron chi connectivity index (χ2n) is 5.43. The van der Waals surface area contributed by atoms with Crippen molar-refractivity contribution in [3.63, 3.8) is 0 Å². The molecular formula is C14H29N3. The van der Waals surface area contributed by atoms with E-state index in [1.165, 1.54) is 25.7 Å². The standard InChI is InChI=1S/C14H29N3/c1-5-7-8-9-10-17-14(6-2)16(12-15-17)11-13(3)4/h12-14H,5-11H2,1-4H3. The monoisotopic (exact) mass is 239 g/mol. The highest BCUT2D eigenvalue weighted by atomic mass is 15.6. The molecule has 1 rings (SSSR count). The summed E-state index contributed by atoms with van der Waals surface area (Å²) < 4.78 is 0. The van der Waals surface area contributed by atoms with Gasteiger partial charge in [0.2, 0.25) is 0 Å². The van der Waals surface area contributed by atoms with Gasteiger partial charge in [-0.1, -0.05) is 47.0 Å². The highest BCUT2D eigenvalue weighted by Crippen LogP contribution is 2.18. The molecule has 1 heterocycles. The van der Waals surface area contributed by atoms with Crippen LogP contribution < -0.4 is 0 Å². The number of hydrogen-bond donors (Lipinski definition) is 0. The van der Waals surface area contributed by atoms with E-state index in [-0.39, 0.29) is 0 Å². The smallest absolute Gasteiger partial charge is 0.118 e. The highest BCUT2D eigenvalue weighted by Gasteiger charge is 2.25. The van der Waals surface area contributed by atoms with Crippen molar-refractivity contribution in [2.24, 2.45) is 11.0 Å². The first-order valence-electron chi connectivity index (χ1n) is 7.25. The van der Waals surface area contributed by atoms with Crippen molar-refractivity contribution in [3.05, 3.63) is 0 Å². The molecule has 0 aromatic rings. The van der Waals surface area contributed by atoms with Gasteiger partial charge in [-0.25, -0.2) is 0 Å². The van der Waals surface area contributed by atoms with E-state index in [2.05, 4.69) is 42.7 Å². The van der Waals surface area contributed by atoms with Gasteiger partial charge in [-0.3, -0.25) is 5.01 Å². The summed E-state index contributed by atoms with van der Waals surface area (Å²) >= 11 is 0. The van der Waals surface area contributed by atoms with E-state index in [9.17, 15) is 0 Å². The van der Waals surface area contributed by atoms with Crippen molar-refractivity contribution in [2.75, 3.05) is 13.1 Å². The second-order valence-corrected chi connectivity index (χ2v) is 5.43.